The Morgan fingerprint density at radius 1 is 0.463 bits per heavy atom. The molecule has 428 valence electrons. The van der Waals surface area contributed by atoms with Gasteiger partial charge in [0.15, 0.2) is 0 Å². The highest BCUT2D eigenvalue weighted by atomic mass is 16.6. The third kappa shape index (κ3) is 16.1. The van der Waals surface area contributed by atoms with E-state index in [9.17, 15) is 9.59 Å². The first-order valence-electron chi connectivity index (χ1n) is 26.2. The highest BCUT2D eigenvalue weighted by molar-refractivity contribution is 5.89. The largest absolute Gasteiger partial charge is 0.497 e. The number of anilines is 6. The van der Waals surface area contributed by atoms with E-state index in [0.29, 0.717) is 95.7 Å². The first-order valence-corrected chi connectivity index (χ1v) is 26.2. The van der Waals surface area contributed by atoms with Gasteiger partial charge in [-0.1, -0.05) is 36.4 Å². The van der Waals surface area contributed by atoms with E-state index in [1.165, 1.54) is 9.80 Å². The normalized spacial score (nSPS) is 10.6. The van der Waals surface area contributed by atoms with E-state index in [4.69, 9.17) is 59.3 Å². The van der Waals surface area contributed by atoms with E-state index < -0.39 is 12.2 Å². The maximum absolute atomic E-state index is 13.7. The Kier molecular flexibility index (Phi) is 20.9. The molecule has 0 aliphatic heterocycles. The lowest BCUT2D eigenvalue weighted by Gasteiger charge is -2.25. The zero-order valence-corrected chi connectivity index (χ0v) is 47.9. The molecule has 0 aliphatic carbocycles. The van der Waals surface area contributed by atoms with E-state index in [0.717, 1.165) is 44.9 Å². The minimum Gasteiger partial charge on any atom is -0.497 e. The molecule has 0 atom stereocenters. The Bertz CT molecular complexity index is 3140. The number of ether oxygens (including phenoxy) is 8. The molecule has 20 nitrogen and oxygen atoms in total. The number of hydrogen-bond donors (Lipinski definition) is 2. The number of rotatable bonds is 22. The summed E-state index contributed by atoms with van der Waals surface area (Å²) in [5, 5.41) is 0. The summed E-state index contributed by atoms with van der Waals surface area (Å²) in [5.41, 5.74) is 17.7. The lowest BCUT2D eigenvalue weighted by molar-refractivity contribution is 0.205. The van der Waals surface area contributed by atoms with Crippen molar-refractivity contribution in [2.75, 3.05) is 99.9 Å². The summed E-state index contributed by atoms with van der Waals surface area (Å²) < 4.78 is 45.5. The van der Waals surface area contributed by atoms with Crippen molar-refractivity contribution in [3.8, 4) is 46.0 Å². The molecule has 20 heteroatoms. The van der Waals surface area contributed by atoms with E-state index in [2.05, 4.69) is 9.97 Å². The van der Waals surface area contributed by atoms with Crippen molar-refractivity contribution in [2.24, 2.45) is 0 Å². The number of nitrogens with zero attached hydrogens (tertiary/aromatic N) is 8. The van der Waals surface area contributed by atoms with Crippen LogP contribution in [-0.4, -0.2) is 101 Å². The number of nitrogen functional groups attached to an aromatic ring is 2. The number of likely N-dealkylation sites (N-methyl/N-ethyl adjacent to an activating group) is 2. The SMILES string of the molecule is COc1ccc(OC)c(CN(C(=O)Oc2c(C)cccc2C)c2ccnc(N(C)CCOc3ccc(N)cc3)n2)c1.COc1ccc(OC)c(CN(C(=O)Oc2c(C)cccc2C)c2ccnc(N(C)CCOc3ccc(N)cc3)n2)c1. The molecule has 4 N–H and O–H groups in total. The van der Waals surface area contributed by atoms with Crippen LogP contribution in [-0.2, 0) is 13.1 Å². The first kappa shape index (κ1) is 59.7. The molecule has 2 aromatic heterocycles. The van der Waals surface area contributed by atoms with E-state index in [1.54, 1.807) is 101 Å². The number of hydrogen-bond acceptors (Lipinski definition) is 18. The topological polar surface area (TPSA) is 225 Å². The molecule has 0 radical (unpaired) electrons. The summed E-state index contributed by atoms with van der Waals surface area (Å²) in [5.74, 6) is 6.48. The van der Waals surface area contributed by atoms with Crippen molar-refractivity contribution >= 4 is 47.1 Å². The van der Waals surface area contributed by atoms with E-state index >= 15 is 0 Å². The quantitative estimate of drug-likeness (QED) is 0.0602. The second kappa shape index (κ2) is 28.8. The number of carbonyl (C=O) groups is 2. The van der Waals surface area contributed by atoms with Gasteiger partial charge >= 0.3 is 12.2 Å². The predicted octanol–water partition coefficient (Wildman–Crippen LogP) is 10.8. The lowest BCUT2D eigenvalue weighted by Crippen LogP contribution is -2.35. The van der Waals surface area contributed by atoms with Crippen LogP contribution in [0.25, 0.3) is 0 Å². The third-order valence-corrected chi connectivity index (χ3v) is 12.9. The molecular weight excluding hydrogens is 1040 g/mol. The fraction of sp³-hybridized carbons (Fsp3) is 0.258. The molecule has 2 amide bonds. The lowest BCUT2D eigenvalue weighted by atomic mass is 10.1. The van der Waals surface area contributed by atoms with Gasteiger partial charge in [-0.15, -0.1) is 0 Å². The number of para-hydroxylation sites is 2. The van der Waals surface area contributed by atoms with Crippen LogP contribution in [0.3, 0.4) is 0 Å². The molecule has 8 rings (SSSR count). The summed E-state index contributed by atoms with van der Waals surface area (Å²) in [6.45, 7) is 9.62. The van der Waals surface area contributed by atoms with Crippen molar-refractivity contribution in [1.82, 2.24) is 19.9 Å². The second-order valence-corrected chi connectivity index (χ2v) is 18.8. The van der Waals surface area contributed by atoms with E-state index in [1.807, 2.05) is 124 Å². The third-order valence-electron chi connectivity index (χ3n) is 12.9. The number of aromatic nitrogens is 4. The number of nitrogens with two attached hydrogens (primary N) is 2. The maximum Gasteiger partial charge on any atom is 0.421 e. The van der Waals surface area contributed by atoms with Crippen LogP contribution in [0.1, 0.15) is 33.4 Å². The molecule has 82 heavy (non-hydrogen) atoms. The van der Waals surface area contributed by atoms with Crippen LogP contribution in [0.15, 0.2) is 146 Å². The summed E-state index contributed by atoms with van der Waals surface area (Å²) in [4.78, 5) is 52.3. The predicted molar refractivity (Wildman–Crippen MR) is 319 cm³/mol. The Labute approximate surface area is 478 Å². The standard InChI is InChI=1S/2C31H35N5O5/c2*1-21-7-6-8-22(2)29(21)41-31(37)36(20-23-19-26(38-4)13-14-27(23)39-5)28-15-16-33-30(34-28)35(3)17-18-40-25-11-9-24(32)10-12-25/h2*6-16,19H,17-18,20,32H2,1-5H3. The molecule has 2 heterocycles. The zero-order chi connectivity index (χ0) is 58.7. The minimum atomic E-state index is -0.591. The van der Waals surface area contributed by atoms with Crippen LogP contribution < -0.4 is 69.0 Å². The Balaban J connectivity index is 0.000000236. The molecule has 0 saturated carbocycles. The minimum absolute atomic E-state index is 0.116. The molecule has 0 fully saturated rings. The fourth-order valence-corrected chi connectivity index (χ4v) is 8.31. The fourth-order valence-electron chi connectivity index (χ4n) is 8.31. The van der Waals surface area contributed by atoms with Crippen molar-refractivity contribution in [1.29, 1.82) is 0 Å². The highest BCUT2D eigenvalue weighted by Gasteiger charge is 2.26. The molecule has 0 unspecified atom stereocenters. The van der Waals surface area contributed by atoms with Gasteiger partial charge in [-0.3, -0.25) is 9.80 Å². The smallest absolute Gasteiger partial charge is 0.421 e. The highest BCUT2D eigenvalue weighted by Crippen LogP contribution is 2.32. The van der Waals surface area contributed by atoms with Gasteiger partial charge in [0, 0.05) is 49.0 Å². The summed E-state index contributed by atoms with van der Waals surface area (Å²) >= 11 is 0. The van der Waals surface area contributed by atoms with Crippen molar-refractivity contribution < 1.29 is 47.5 Å². The molecule has 0 bridgehead atoms. The van der Waals surface area contributed by atoms with Gasteiger partial charge in [-0.05, 0) is 147 Å². The molecular formula is C62H70N10O10. The Morgan fingerprint density at radius 2 is 0.817 bits per heavy atom. The van der Waals surface area contributed by atoms with Crippen molar-refractivity contribution in [2.45, 2.75) is 40.8 Å². The van der Waals surface area contributed by atoms with Crippen LogP contribution in [0.4, 0.5) is 44.5 Å². The van der Waals surface area contributed by atoms with Gasteiger partial charge < -0.3 is 59.2 Å². The van der Waals surface area contributed by atoms with E-state index in [-0.39, 0.29) is 13.1 Å². The second-order valence-electron chi connectivity index (χ2n) is 18.8. The number of aryl methyl sites for hydroxylation is 4. The summed E-state index contributed by atoms with van der Waals surface area (Å²) in [6.07, 6.45) is 2.03. The first-order chi connectivity index (χ1) is 39.6. The molecule has 0 aliphatic rings. The van der Waals surface area contributed by atoms with Gasteiger partial charge in [0.1, 0.15) is 70.8 Å². The number of methoxy groups -OCH3 is 4. The number of carbonyl (C=O) groups excluding carboxylic acids is 2. The van der Waals surface area contributed by atoms with Crippen LogP contribution in [0.5, 0.6) is 46.0 Å². The summed E-state index contributed by atoms with van der Waals surface area (Å²) in [6, 6.07) is 40.0. The molecule has 8 aromatic rings. The Hall–Kier alpha value is -9.98. The molecule has 6 aromatic carbocycles. The monoisotopic (exact) mass is 1110 g/mol. The molecule has 0 saturated heterocycles. The summed E-state index contributed by atoms with van der Waals surface area (Å²) in [7, 11) is 10.0. The van der Waals surface area contributed by atoms with Gasteiger partial charge in [-0.2, -0.15) is 9.97 Å². The van der Waals surface area contributed by atoms with Gasteiger partial charge in [-0.25, -0.2) is 19.6 Å². The van der Waals surface area contributed by atoms with Gasteiger partial charge in [0.25, 0.3) is 0 Å². The van der Waals surface area contributed by atoms with Crippen LogP contribution in [0.2, 0.25) is 0 Å². The maximum atomic E-state index is 13.7. The van der Waals surface area contributed by atoms with Crippen molar-refractivity contribution in [3.63, 3.8) is 0 Å². The van der Waals surface area contributed by atoms with Gasteiger partial charge in [0.05, 0.1) is 54.6 Å². The Morgan fingerprint density at radius 3 is 1.16 bits per heavy atom. The number of amides is 2. The average Bonchev–Trinajstić information content (AvgIpc) is 3.69. The zero-order valence-electron chi connectivity index (χ0n) is 47.9. The van der Waals surface area contributed by atoms with Crippen molar-refractivity contribution in [3.05, 3.63) is 179 Å². The molecule has 0 spiro atoms. The number of benzene rings is 6. The van der Waals surface area contributed by atoms with Crippen LogP contribution in [0, 0.1) is 27.7 Å². The van der Waals surface area contributed by atoms with Crippen LogP contribution >= 0.6 is 0 Å². The average molecular weight is 1120 g/mol. The van der Waals surface area contributed by atoms with Gasteiger partial charge in [0.2, 0.25) is 11.9 Å².